The number of nitrogens with one attached hydrogen (secondary N) is 1. The summed E-state index contributed by atoms with van der Waals surface area (Å²) in [5.74, 6) is -1.63. The second-order valence-corrected chi connectivity index (χ2v) is 9.20. The number of ether oxygens (including phenoxy) is 1. The highest BCUT2D eigenvalue weighted by molar-refractivity contribution is 8.00. The lowest BCUT2D eigenvalue weighted by Crippen LogP contribution is -2.31. The third kappa shape index (κ3) is 5.75. The number of hydrogen-bond acceptors (Lipinski definition) is 6. The van der Waals surface area contributed by atoms with E-state index in [1.807, 2.05) is 24.3 Å². The van der Waals surface area contributed by atoms with Gasteiger partial charge in [-0.2, -0.15) is 0 Å². The number of rotatable bonds is 8. The summed E-state index contributed by atoms with van der Waals surface area (Å²) in [6.45, 7) is 2.11. The lowest BCUT2D eigenvalue weighted by molar-refractivity contribution is -0.123. The summed E-state index contributed by atoms with van der Waals surface area (Å²) in [6.07, 6.45) is -0.251. The van der Waals surface area contributed by atoms with Crippen molar-refractivity contribution in [2.45, 2.75) is 24.3 Å². The Hall–Kier alpha value is -4.11. The predicted molar refractivity (Wildman–Crippen MR) is 138 cm³/mol. The molecule has 3 aromatic carbocycles. The molecular formula is C27H25N3O5S. The first-order valence-electron chi connectivity index (χ1n) is 11.4. The number of nitrogens with zero attached hydrogens (tertiary/aromatic N) is 1. The Kier molecular flexibility index (Phi) is 7.70. The Morgan fingerprint density at radius 3 is 2.44 bits per heavy atom. The maximum absolute atomic E-state index is 12.9. The molecule has 0 saturated heterocycles. The molecule has 1 aliphatic rings. The molecule has 8 nitrogen and oxygen atoms in total. The number of primary amides is 1. The van der Waals surface area contributed by atoms with Crippen LogP contribution in [0, 0.1) is 0 Å². The summed E-state index contributed by atoms with van der Waals surface area (Å²) in [6, 6.07) is 20.7. The van der Waals surface area contributed by atoms with Gasteiger partial charge in [-0.05, 0) is 61.4 Å². The molecule has 3 aromatic rings. The van der Waals surface area contributed by atoms with Gasteiger partial charge in [-0.25, -0.2) is 4.79 Å². The molecule has 4 rings (SSSR count). The molecule has 0 radical (unpaired) electrons. The molecule has 0 spiro atoms. The van der Waals surface area contributed by atoms with Gasteiger partial charge in [0.05, 0.1) is 11.3 Å². The topological polar surface area (TPSA) is 119 Å². The Morgan fingerprint density at radius 1 is 1.00 bits per heavy atom. The summed E-state index contributed by atoms with van der Waals surface area (Å²) in [5, 5.41) is 2.64. The fourth-order valence-corrected chi connectivity index (χ4v) is 4.73. The number of hydrogen-bond donors (Lipinski definition) is 2. The van der Waals surface area contributed by atoms with E-state index in [4.69, 9.17) is 10.5 Å². The molecule has 184 valence electrons. The van der Waals surface area contributed by atoms with Crippen LogP contribution in [-0.2, 0) is 20.7 Å². The number of amides is 3. The van der Waals surface area contributed by atoms with Crippen LogP contribution in [0.25, 0.3) is 0 Å². The average Bonchev–Trinajstić information content (AvgIpc) is 3.32. The van der Waals surface area contributed by atoms with Crippen LogP contribution in [0.4, 0.5) is 11.4 Å². The third-order valence-corrected chi connectivity index (χ3v) is 6.79. The Balaban J connectivity index is 1.35. The highest BCUT2D eigenvalue weighted by Crippen LogP contribution is 2.30. The van der Waals surface area contributed by atoms with Gasteiger partial charge in [0.15, 0.2) is 6.10 Å². The van der Waals surface area contributed by atoms with Gasteiger partial charge in [0.2, 0.25) is 11.8 Å². The van der Waals surface area contributed by atoms with Gasteiger partial charge in [-0.1, -0.05) is 30.3 Å². The zero-order chi connectivity index (χ0) is 25.7. The fraction of sp³-hybridized carbons (Fsp3) is 0.185. The van der Waals surface area contributed by atoms with Crippen LogP contribution >= 0.6 is 11.8 Å². The van der Waals surface area contributed by atoms with Crippen LogP contribution in [0.2, 0.25) is 0 Å². The molecule has 1 aliphatic heterocycles. The fourth-order valence-electron chi connectivity index (χ4n) is 3.82. The van der Waals surface area contributed by atoms with Crippen molar-refractivity contribution in [2.24, 2.45) is 5.73 Å². The van der Waals surface area contributed by atoms with Crippen molar-refractivity contribution in [3.63, 3.8) is 0 Å². The largest absolute Gasteiger partial charge is 0.449 e. The molecule has 0 saturated carbocycles. The van der Waals surface area contributed by atoms with Gasteiger partial charge >= 0.3 is 5.97 Å². The number of benzene rings is 3. The quantitative estimate of drug-likeness (QED) is 0.358. The van der Waals surface area contributed by atoms with Crippen LogP contribution < -0.4 is 16.0 Å². The van der Waals surface area contributed by atoms with Crippen LogP contribution in [0.5, 0.6) is 0 Å². The Labute approximate surface area is 212 Å². The van der Waals surface area contributed by atoms with E-state index < -0.39 is 23.9 Å². The molecule has 1 atom stereocenters. The number of carbonyl (C=O) groups is 4. The molecule has 0 aromatic heterocycles. The van der Waals surface area contributed by atoms with Gasteiger partial charge in [0.1, 0.15) is 0 Å². The first-order chi connectivity index (χ1) is 17.3. The molecular weight excluding hydrogens is 478 g/mol. The molecule has 9 heteroatoms. The van der Waals surface area contributed by atoms with Gasteiger partial charge in [-0.15, -0.1) is 11.8 Å². The van der Waals surface area contributed by atoms with Crippen molar-refractivity contribution in [3.05, 3.63) is 89.5 Å². The smallest absolute Gasteiger partial charge is 0.340 e. The van der Waals surface area contributed by atoms with Crippen molar-refractivity contribution in [3.8, 4) is 0 Å². The van der Waals surface area contributed by atoms with Crippen LogP contribution in [0.3, 0.4) is 0 Å². The molecule has 0 aliphatic carbocycles. The van der Waals surface area contributed by atoms with Crippen molar-refractivity contribution in [1.29, 1.82) is 0 Å². The monoisotopic (exact) mass is 503 g/mol. The second-order valence-electron chi connectivity index (χ2n) is 8.19. The molecule has 0 unspecified atom stereocenters. The van der Waals surface area contributed by atoms with Crippen LogP contribution in [0.15, 0.2) is 77.7 Å². The SMILES string of the molecule is C[C@H](OC(=O)c1ccccc1SCC(=O)N1CCc2ccccc21)C(=O)Nc1ccc(C(N)=O)cc1. The number of esters is 1. The zero-order valence-corrected chi connectivity index (χ0v) is 20.4. The lowest BCUT2D eigenvalue weighted by atomic mass is 10.2. The maximum Gasteiger partial charge on any atom is 0.340 e. The van der Waals surface area contributed by atoms with Crippen molar-refractivity contribution in [1.82, 2.24) is 0 Å². The predicted octanol–water partition coefficient (Wildman–Crippen LogP) is 3.65. The summed E-state index contributed by atoms with van der Waals surface area (Å²) < 4.78 is 5.39. The molecule has 0 fully saturated rings. The first kappa shape index (κ1) is 25.0. The second kappa shape index (κ2) is 11.1. The Morgan fingerprint density at radius 2 is 1.69 bits per heavy atom. The van der Waals surface area contributed by atoms with Crippen molar-refractivity contribution >= 4 is 46.8 Å². The van der Waals surface area contributed by atoms with Crippen molar-refractivity contribution < 1.29 is 23.9 Å². The van der Waals surface area contributed by atoms with E-state index in [2.05, 4.69) is 5.32 Å². The van der Waals surface area contributed by atoms with Gasteiger partial charge in [0.25, 0.3) is 5.91 Å². The zero-order valence-electron chi connectivity index (χ0n) is 19.6. The first-order valence-corrected chi connectivity index (χ1v) is 12.3. The molecule has 36 heavy (non-hydrogen) atoms. The minimum atomic E-state index is -1.07. The Bertz CT molecular complexity index is 1310. The number of thioether (sulfide) groups is 1. The highest BCUT2D eigenvalue weighted by Gasteiger charge is 2.25. The standard InChI is InChI=1S/C27H25N3O5S/c1-17(26(33)29-20-12-10-19(11-13-20)25(28)32)35-27(34)21-7-3-5-9-23(21)36-16-24(31)30-15-14-18-6-2-4-8-22(18)30/h2-13,17H,14-16H2,1H3,(H2,28,32)(H,29,33)/t17-/m0/s1. The van der Waals surface area contributed by atoms with Crippen molar-refractivity contribution in [2.75, 3.05) is 22.5 Å². The van der Waals surface area contributed by atoms with E-state index in [9.17, 15) is 19.2 Å². The third-order valence-electron chi connectivity index (χ3n) is 5.74. The average molecular weight is 504 g/mol. The highest BCUT2D eigenvalue weighted by atomic mass is 32.2. The molecule has 3 N–H and O–H groups in total. The number of carbonyl (C=O) groups excluding carboxylic acids is 4. The van der Waals surface area contributed by atoms with E-state index in [0.29, 0.717) is 22.7 Å². The normalized spacial score (nSPS) is 13.0. The summed E-state index contributed by atoms with van der Waals surface area (Å²) >= 11 is 1.26. The van der Waals surface area contributed by atoms with Gasteiger partial charge in [0, 0.05) is 28.4 Å². The number of anilines is 2. The van der Waals surface area contributed by atoms with E-state index in [-0.39, 0.29) is 17.2 Å². The minimum absolute atomic E-state index is 0.0387. The maximum atomic E-state index is 12.9. The van der Waals surface area contributed by atoms with E-state index in [0.717, 1.165) is 17.7 Å². The molecule has 0 bridgehead atoms. The van der Waals surface area contributed by atoms with Crippen LogP contribution in [-0.4, -0.2) is 42.1 Å². The number of fused-ring (bicyclic) bond motifs is 1. The van der Waals surface area contributed by atoms with E-state index in [1.54, 1.807) is 29.2 Å². The van der Waals surface area contributed by atoms with Gasteiger partial charge in [-0.3, -0.25) is 14.4 Å². The number of nitrogens with two attached hydrogens (primary N) is 1. The summed E-state index contributed by atoms with van der Waals surface area (Å²) in [4.78, 5) is 51.8. The van der Waals surface area contributed by atoms with E-state index in [1.165, 1.54) is 43.0 Å². The lowest BCUT2D eigenvalue weighted by Gasteiger charge is -2.18. The minimum Gasteiger partial charge on any atom is -0.449 e. The summed E-state index contributed by atoms with van der Waals surface area (Å²) in [7, 11) is 0. The van der Waals surface area contributed by atoms with E-state index >= 15 is 0 Å². The van der Waals surface area contributed by atoms with Gasteiger partial charge < -0.3 is 20.7 Å². The number of para-hydroxylation sites is 1. The van der Waals surface area contributed by atoms with Crippen LogP contribution in [0.1, 0.15) is 33.2 Å². The molecule has 1 heterocycles. The summed E-state index contributed by atoms with van der Waals surface area (Å²) in [5.41, 5.74) is 8.33. The molecule has 3 amide bonds.